The molecule has 3 heteroatoms. The fourth-order valence-electron chi connectivity index (χ4n) is 0. The molecule has 23 valence electrons. The Hall–Kier alpha value is 0.0839. The smallest absolute Gasteiger partial charge is 0 e. The predicted octanol–water partition coefficient (Wildman–Crippen LogP) is 0.190. The van der Waals surface area contributed by atoms with Crippen LogP contribution in [0.3, 0.4) is 0 Å². The Morgan fingerprint density at radius 1 is 0.800 bits per heavy atom. The van der Waals surface area contributed by atoms with E-state index in [-0.39, 0.29) is 32.7 Å². The zero-order chi connectivity index (χ0) is 4.00. The normalized spacial score (nSPS) is 0.800. The van der Waals surface area contributed by atoms with Crippen molar-refractivity contribution in [2.24, 2.45) is 0 Å². The first kappa shape index (κ1) is 19.5. The summed E-state index contributed by atoms with van der Waals surface area (Å²) in [6.45, 7) is 9.50. The van der Waals surface area contributed by atoms with E-state index in [1.54, 1.807) is 0 Å². The van der Waals surface area contributed by atoms with Gasteiger partial charge >= 0.3 is 0 Å². The quantitative estimate of drug-likeness (QED) is 0.452. The monoisotopic (exact) mass is 141 g/mol. The molecule has 0 unspecified atom stereocenters. The minimum absolute atomic E-state index is 0. The van der Waals surface area contributed by atoms with Crippen LogP contribution in [-0.2, 0) is 32.7 Å². The van der Waals surface area contributed by atoms with Crippen LogP contribution in [0, 0.1) is 23.7 Å². The summed E-state index contributed by atoms with van der Waals surface area (Å²) < 4.78 is 0. The molecule has 0 amide bonds. The molecule has 0 aliphatic heterocycles. The van der Waals surface area contributed by atoms with Gasteiger partial charge in [0.2, 0.25) is 0 Å². The summed E-state index contributed by atoms with van der Waals surface area (Å²) in [5.41, 5.74) is 0. The maximum Gasteiger partial charge on any atom is 0 e. The average molecular weight is 141 g/mol. The average Bonchev–Trinajstić information content (AvgIpc) is 1.50. The van der Waals surface area contributed by atoms with Crippen LogP contribution in [0.2, 0.25) is 0 Å². The topological polar surface area (TPSA) is 47.6 Å². The van der Waals surface area contributed by atoms with Crippen LogP contribution < -0.4 is 0 Å². The Labute approximate surface area is 56.3 Å². The molecule has 0 aliphatic carbocycles. The predicted molar refractivity (Wildman–Crippen MR) is 9.94 cm³/mol. The Balaban J connectivity index is -0.0000000133. The Morgan fingerprint density at radius 2 is 0.800 bits per heavy atom. The molecule has 0 fully saturated rings. The van der Waals surface area contributed by atoms with Gasteiger partial charge in [0, 0.05) is 32.7 Å². The Bertz CT molecular complexity index is 23.1. The zero-order valence-corrected chi connectivity index (χ0v) is 5.31. The molecule has 0 N–H and O–H groups in total. The Morgan fingerprint density at radius 3 is 0.800 bits per heavy atom. The van der Waals surface area contributed by atoms with Gasteiger partial charge in [0.05, 0.1) is 0 Å². The minimum Gasteiger partial charge on any atom is -0.512 e. The van der Waals surface area contributed by atoms with Crippen molar-refractivity contribution < 1.29 is 32.7 Å². The van der Waals surface area contributed by atoms with Crippen LogP contribution in [-0.4, -0.2) is 0 Å². The third-order valence-corrected chi connectivity index (χ3v) is 0. The van der Waals surface area contributed by atoms with Crippen molar-refractivity contribution in [2.75, 3.05) is 0 Å². The van der Waals surface area contributed by atoms with E-state index in [9.17, 15) is 0 Å². The molecule has 0 rings (SSSR count). The van der Waals surface area contributed by atoms with Crippen LogP contribution in [0.25, 0.3) is 0 Å². The third kappa shape index (κ3) is 2520. The summed E-state index contributed by atoms with van der Waals surface area (Å²) in [6.07, 6.45) is 0. The summed E-state index contributed by atoms with van der Waals surface area (Å²) in [4.78, 5) is 0. The third-order valence-electron chi connectivity index (χ3n) is 0. The molecule has 2 nitrogen and oxygen atoms in total. The molecule has 0 bridgehead atoms. The standard InChI is InChI=1S/2CN.Y/c2*1-2;/q2*-1;. The van der Waals surface area contributed by atoms with Gasteiger partial charge in [0.15, 0.2) is 0 Å². The molecule has 0 aliphatic rings. The van der Waals surface area contributed by atoms with Gasteiger partial charge in [-0.25, -0.2) is 0 Å². The second-order valence-corrected chi connectivity index (χ2v) is 0. The van der Waals surface area contributed by atoms with Crippen molar-refractivity contribution in [1.29, 1.82) is 10.5 Å². The Kier molecular flexibility index (Phi) is 21500. The number of nitrogens with zero attached hydrogens (tertiary/aromatic N) is 2. The fraction of sp³-hybridized carbons (Fsp3) is 0. The van der Waals surface area contributed by atoms with E-state index in [2.05, 4.69) is 0 Å². The van der Waals surface area contributed by atoms with E-state index in [1.165, 1.54) is 0 Å². The van der Waals surface area contributed by atoms with E-state index in [1.807, 2.05) is 0 Å². The van der Waals surface area contributed by atoms with Gasteiger partial charge < -0.3 is 23.7 Å². The number of hydrogen-bond acceptors (Lipinski definition) is 2. The van der Waals surface area contributed by atoms with E-state index in [0.717, 1.165) is 0 Å². The first-order valence-corrected chi connectivity index (χ1v) is 0.447. The summed E-state index contributed by atoms with van der Waals surface area (Å²) in [5.74, 6) is 0. The molecule has 0 spiro atoms. The van der Waals surface area contributed by atoms with Crippen molar-refractivity contribution in [3.8, 4) is 0 Å². The molecule has 0 aromatic carbocycles. The van der Waals surface area contributed by atoms with Gasteiger partial charge in [0.25, 0.3) is 0 Å². The molecule has 0 heterocycles. The van der Waals surface area contributed by atoms with Crippen LogP contribution in [0.1, 0.15) is 0 Å². The van der Waals surface area contributed by atoms with Crippen LogP contribution in [0.15, 0.2) is 0 Å². The SMILES string of the molecule is [C-]#N.[C-]#N.[Y]. The summed E-state index contributed by atoms with van der Waals surface area (Å²) in [6, 6.07) is 0. The maximum absolute atomic E-state index is 6.25. The molecular weight excluding hydrogens is 141 g/mol. The van der Waals surface area contributed by atoms with Gasteiger partial charge in [-0.2, -0.15) is 0 Å². The molecule has 0 aromatic rings. The van der Waals surface area contributed by atoms with Gasteiger partial charge in [0.1, 0.15) is 0 Å². The van der Waals surface area contributed by atoms with Crippen molar-refractivity contribution in [1.82, 2.24) is 0 Å². The second kappa shape index (κ2) is 5520. The molecule has 0 saturated carbocycles. The molecule has 1 radical (unpaired) electrons. The number of rotatable bonds is 0. The van der Waals surface area contributed by atoms with Crippen LogP contribution in [0.4, 0.5) is 0 Å². The molecule has 0 atom stereocenters. The van der Waals surface area contributed by atoms with Gasteiger partial charge in [-0.05, 0) is 0 Å². The molecule has 0 saturated heterocycles. The van der Waals surface area contributed by atoms with Gasteiger partial charge in [-0.3, -0.25) is 0 Å². The largest absolute Gasteiger partial charge is 0.512 e. The van der Waals surface area contributed by atoms with Crippen LogP contribution in [0.5, 0.6) is 0 Å². The maximum atomic E-state index is 6.25. The van der Waals surface area contributed by atoms with Crippen molar-refractivity contribution in [3.05, 3.63) is 13.1 Å². The summed E-state index contributed by atoms with van der Waals surface area (Å²) in [7, 11) is 0. The summed E-state index contributed by atoms with van der Waals surface area (Å²) in [5, 5.41) is 12.5. The van der Waals surface area contributed by atoms with E-state index < -0.39 is 0 Å². The molecule has 0 aromatic heterocycles. The number of hydrogen-bond donors (Lipinski definition) is 0. The first-order valence-electron chi connectivity index (χ1n) is 0.447. The molecular formula is C2N2Y-2. The second-order valence-electron chi connectivity index (χ2n) is 0. The zero-order valence-electron chi connectivity index (χ0n) is 2.47. The first-order chi connectivity index (χ1) is 2.00. The minimum atomic E-state index is 0. The fourth-order valence-corrected chi connectivity index (χ4v) is 0. The van der Waals surface area contributed by atoms with E-state index in [4.69, 9.17) is 23.7 Å². The van der Waals surface area contributed by atoms with E-state index >= 15 is 0 Å². The van der Waals surface area contributed by atoms with Gasteiger partial charge in [-0.15, -0.1) is 0 Å². The molecule has 5 heavy (non-hydrogen) atoms. The van der Waals surface area contributed by atoms with E-state index in [0.29, 0.717) is 0 Å². The van der Waals surface area contributed by atoms with Crippen molar-refractivity contribution in [3.63, 3.8) is 0 Å². The summed E-state index contributed by atoms with van der Waals surface area (Å²) >= 11 is 0. The van der Waals surface area contributed by atoms with Gasteiger partial charge in [-0.1, -0.05) is 0 Å². The van der Waals surface area contributed by atoms with Crippen molar-refractivity contribution in [2.45, 2.75) is 0 Å². The van der Waals surface area contributed by atoms with Crippen LogP contribution >= 0.6 is 0 Å². The van der Waals surface area contributed by atoms with Crippen molar-refractivity contribution >= 4 is 0 Å².